The lowest BCUT2D eigenvalue weighted by atomic mass is 9.99. The van der Waals surface area contributed by atoms with Crippen molar-refractivity contribution in [3.63, 3.8) is 0 Å². The Morgan fingerprint density at radius 2 is 2.11 bits per heavy atom. The fourth-order valence-electron chi connectivity index (χ4n) is 2.24. The minimum atomic E-state index is 0.608. The third kappa shape index (κ3) is 4.26. The van der Waals surface area contributed by atoms with E-state index < -0.39 is 0 Å². The van der Waals surface area contributed by atoms with Gasteiger partial charge in [0.2, 0.25) is 5.88 Å². The summed E-state index contributed by atoms with van der Waals surface area (Å²) in [5.74, 6) is 1.99. The monoisotopic (exact) mass is 249 g/mol. The molecule has 2 heterocycles. The van der Waals surface area contributed by atoms with Crippen molar-refractivity contribution < 1.29 is 4.74 Å². The summed E-state index contributed by atoms with van der Waals surface area (Å²) in [5, 5.41) is 3.36. The van der Waals surface area contributed by atoms with Gasteiger partial charge in [-0.25, -0.2) is 9.97 Å². The topological polar surface area (TPSA) is 47.0 Å². The van der Waals surface area contributed by atoms with Crippen LogP contribution in [-0.2, 0) is 6.42 Å². The van der Waals surface area contributed by atoms with E-state index in [-0.39, 0.29) is 0 Å². The summed E-state index contributed by atoms with van der Waals surface area (Å²) in [5.41, 5.74) is 1.07. The van der Waals surface area contributed by atoms with Crippen LogP contribution in [0.1, 0.15) is 32.4 Å². The van der Waals surface area contributed by atoms with E-state index in [1.807, 2.05) is 6.07 Å². The number of hydrogen-bond donors (Lipinski definition) is 1. The number of nitrogens with one attached hydrogen (secondary N) is 1. The van der Waals surface area contributed by atoms with Crippen molar-refractivity contribution in [3.05, 3.63) is 18.1 Å². The Labute approximate surface area is 109 Å². The van der Waals surface area contributed by atoms with Crippen LogP contribution in [-0.4, -0.2) is 29.7 Å². The zero-order valence-corrected chi connectivity index (χ0v) is 11.4. The molecule has 18 heavy (non-hydrogen) atoms. The zero-order chi connectivity index (χ0) is 12.8. The molecule has 0 unspecified atom stereocenters. The first kappa shape index (κ1) is 13.3. The molecule has 4 heteroatoms. The highest BCUT2D eigenvalue weighted by Gasteiger charge is 2.14. The summed E-state index contributed by atoms with van der Waals surface area (Å²) in [6.45, 7) is 7.38. The van der Waals surface area contributed by atoms with Gasteiger partial charge in [0, 0.05) is 11.8 Å². The first-order valence-corrected chi connectivity index (χ1v) is 6.88. The SMILES string of the molecule is CC(C)Cc1cc(OCC2CCNCC2)ncn1. The van der Waals surface area contributed by atoms with Crippen molar-refractivity contribution in [2.24, 2.45) is 11.8 Å². The molecule has 1 aliphatic heterocycles. The van der Waals surface area contributed by atoms with Gasteiger partial charge in [0.15, 0.2) is 0 Å². The molecule has 0 aromatic carbocycles. The molecular formula is C14H23N3O. The second-order valence-electron chi connectivity index (χ2n) is 5.45. The molecule has 0 bridgehead atoms. The van der Waals surface area contributed by atoms with Gasteiger partial charge in [0.05, 0.1) is 6.61 Å². The molecule has 100 valence electrons. The molecule has 1 saturated heterocycles. The van der Waals surface area contributed by atoms with E-state index >= 15 is 0 Å². The van der Waals surface area contributed by atoms with Crippen LogP contribution >= 0.6 is 0 Å². The van der Waals surface area contributed by atoms with Crippen LogP contribution in [0.2, 0.25) is 0 Å². The summed E-state index contributed by atoms with van der Waals surface area (Å²) in [4.78, 5) is 8.46. The molecule has 0 saturated carbocycles. The summed E-state index contributed by atoms with van der Waals surface area (Å²) in [6.07, 6.45) is 4.98. The Balaban J connectivity index is 1.84. The summed E-state index contributed by atoms with van der Waals surface area (Å²) < 4.78 is 5.79. The Morgan fingerprint density at radius 1 is 1.33 bits per heavy atom. The van der Waals surface area contributed by atoms with E-state index in [1.54, 1.807) is 6.33 Å². The normalized spacial score (nSPS) is 17.1. The van der Waals surface area contributed by atoms with Crippen molar-refractivity contribution >= 4 is 0 Å². The minimum Gasteiger partial charge on any atom is -0.477 e. The van der Waals surface area contributed by atoms with E-state index in [0.29, 0.717) is 11.8 Å². The molecule has 0 spiro atoms. The van der Waals surface area contributed by atoms with Gasteiger partial charge in [-0.2, -0.15) is 0 Å². The lowest BCUT2D eigenvalue weighted by Crippen LogP contribution is -2.30. The molecule has 1 aliphatic rings. The van der Waals surface area contributed by atoms with Crippen LogP contribution in [0.4, 0.5) is 0 Å². The van der Waals surface area contributed by atoms with Crippen LogP contribution in [0.3, 0.4) is 0 Å². The lowest BCUT2D eigenvalue weighted by molar-refractivity contribution is 0.208. The van der Waals surface area contributed by atoms with Crippen molar-refractivity contribution in [2.75, 3.05) is 19.7 Å². The highest BCUT2D eigenvalue weighted by molar-refractivity contribution is 5.13. The fourth-order valence-corrected chi connectivity index (χ4v) is 2.24. The third-order valence-corrected chi connectivity index (χ3v) is 3.24. The minimum absolute atomic E-state index is 0.608. The molecule has 0 radical (unpaired) electrons. The number of nitrogens with zero attached hydrogens (tertiary/aromatic N) is 2. The maximum atomic E-state index is 5.79. The van der Waals surface area contributed by atoms with Gasteiger partial charge in [-0.15, -0.1) is 0 Å². The molecule has 0 amide bonds. The van der Waals surface area contributed by atoms with Crippen LogP contribution in [0.15, 0.2) is 12.4 Å². The Bertz CT molecular complexity index is 362. The molecule has 0 aliphatic carbocycles. The van der Waals surface area contributed by atoms with Gasteiger partial charge in [-0.05, 0) is 44.2 Å². The molecule has 0 atom stereocenters. The van der Waals surface area contributed by atoms with Gasteiger partial charge in [-0.3, -0.25) is 0 Å². The molecule has 1 aromatic rings. The predicted octanol–water partition coefficient (Wildman–Crippen LogP) is 2.05. The van der Waals surface area contributed by atoms with Crippen molar-refractivity contribution in [1.82, 2.24) is 15.3 Å². The second kappa shape index (κ2) is 6.69. The summed E-state index contributed by atoms with van der Waals surface area (Å²) in [7, 11) is 0. The number of rotatable bonds is 5. The van der Waals surface area contributed by atoms with Crippen LogP contribution in [0.5, 0.6) is 5.88 Å². The highest BCUT2D eigenvalue weighted by atomic mass is 16.5. The van der Waals surface area contributed by atoms with E-state index in [9.17, 15) is 0 Å². The number of hydrogen-bond acceptors (Lipinski definition) is 4. The van der Waals surface area contributed by atoms with E-state index in [4.69, 9.17) is 4.74 Å². The first-order valence-electron chi connectivity index (χ1n) is 6.88. The first-order chi connectivity index (χ1) is 8.74. The average Bonchev–Trinajstić information content (AvgIpc) is 2.37. The summed E-state index contributed by atoms with van der Waals surface area (Å²) in [6, 6.07) is 1.97. The smallest absolute Gasteiger partial charge is 0.216 e. The van der Waals surface area contributed by atoms with Crippen molar-refractivity contribution in [1.29, 1.82) is 0 Å². The standard InChI is InChI=1S/C14H23N3O/c1-11(2)7-13-8-14(17-10-16-13)18-9-12-3-5-15-6-4-12/h8,10-12,15H,3-7,9H2,1-2H3. The van der Waals surface area contributed by atoms with Gasteiger partial charge in [0.1, 0.15) is 6.33 Å². The predicted molar refractivity (Wildman–Crippen MR) is 71.7 cm³/mol. The lowest BCUT2D eigenvalue weighted by Gasteiger charge is -2.22. The van der Waals surface area contributed by atoms with Crippen LogP contribution in [0, 0.1) is 11.8 Å². The summed E-state index contributed by atoms with van der Waals surface area (Å²) >= 11 is 0. The maximum absolute atomic E-state index is 5.79. The highest BCUT2D eigenvalue weighted by Crippen LogP contribution is 2.15. The maximum Gasteiger partial charge on any atom is 0.216 e. The fraction of sp³-hybridized carbons (Fsp3) is 0.714. The zero-order valence-electron chi connectivity index (χ0n) is 11.4. The molecule has 4 nitrogen and oxygen atoms in total. The second-order valence-corrected chi connectivity index (χ2v) is 5.45. The van der Waals surface area contributed by atoms with Crippen molar-refractivity contribution in [3.8, 4) is 5.88 Å². The Hall–Kier alpha value is -1.16. The van der Waals surface area contributed by atoms with E-state index in [2.05, 4.69) is 29.1 Å². The van der Waals surface area contributed by atoms with Gasteiger partial charge in [0.25, 0.3) is 0 Å². The van der Waals surface area contributed by atoms with Crippen LogP contribution < -0.4 is 10.1 Å². The third-order valence-electron chi connectivity index (χ3n) is 3.24. The Morgan fingerprint density at radius 3 is 2.83 bits per heavy atom. The Kier molecular flexibility index (Phi) is 4.93. The largest absolute Gasteiger partial charge is 0.477 e. The van der Waals surface area contributed by atoms with E-state index in [0.717, 1.165) is 37.7 Å². The quantitative estimate of drug-likeness (QED) is 0.867. The number of ether oxygens (including phenoxy) is 1. The molecule has 1 N–H and O–H groups in total. The average molecular weight is 249 g/mol. The van der Waals surface area contributed by atoms with Crippen molar-refractivity contribution in [2.45, 2.75) is 33.1 Å². The van der Waals surface area contributed by atoms with Gasteiger partial charge >= 0.3 is 0 Å². The van der Waals surface area contributed by atoms with Gasteiger partial charge < -0.3 is 10.1 Å². The van der Waals surface area contributed by atoms with Gasteiger partial charge in [-0.1, -0.05) is 13.8 Å². The number of piperidine rings is 1. The molecular weight excluding hydrogens is 226 g/mol. The molecule has 1 fully saturated rings. The van der Waals surface area contributed by atoms with Crippen LogP contribution in [0.25, 0.3) is 0 Å². The molecule has 2 rings (SSSR count). The molecule has 1 aromatic heterocycles. The number of aromatic nitrogens is 2. The van der Waals surface area contributed by atoms with E-state index in [1.165, 1.54) is 12.8 Å².